The van der Waals surface area contributed by atoms with Crippen molar-refractivity contribution in [3.63, 3.8) is 0 Å². The highest BCUT2D eigenvalue weighted by molar-refractivity contribution is 5.70. The standard InChI is InChI=1S/C43H83NO8/c1-8-10-12-14-16-18-20-22-24-26-28-31-39(45)48-35-38(52-40(46)32-29-27-25-23-21-19-17-15-13-11-9-2)36-49-41(47)44-33-30-34-50-43(6,7)37-51-42(3,4)5/h38H,8-37H2,1-7H3,(H,44,47). The van der Waals surface area contributed by atoms with Gasteiger partial charge in [-0.25, -0.2) is 4.79 Å². The maximum absolute atomic E-state index is 12.7. The van der Waals surface area contributed by atoms with Crippen LogP contribution in [0.2, 0.25) is 0 Å². The molecule has 0 radical (unpaired) electrons. The van der Waals surface area contributed by atoms with Crippen molar-refractivity contribution in [3.05, 3.63) is 0 Å². The molecule has 52 heavy (non-hydrogen) atoms. The molecule has 0 rings (SSSR count). The van der Waals surface area contributed by atoms with Gasteiger partial charge < -0.3 is 29.0 Å². The molecule has 0 aliphatic rings. The van der Waals surface area contributed by atoms with E-state index in [0.29, 0.717) is 39.0 Å². The van der Waals surface area contributed by atoms with Gasteiger partial charge in [0, 0.05) is 26.0 Å². The molecule has 9 heteroatoms. The Labute approximate surface area is 320 Å². The molecule has 1 atom stereocenters. The average Bonchev–Trinajstić information content (AvgIpc) is 3.09. The molecule has 0 aliphatic heterocycles. The van der Waals surface area contributed by atoms with Crippen LogP contribution in [0, 0.1) is 0 Å². The maximum atomic E-state index is 12.7. The van der Waals surface area contributed by atoms with Crippen molar-refractivity contribution in [1.82, 2.24) is 5.32 Å². The summed E-state index contributed by atoms with van der Waals surface area (Å²) in [6, 6.07) is 0. The number of esters is 2. The van der Waals surface area contributed by atoms with Crippen molar-refractivity contribution in [1.29, 1.82) is 0 Å². The Kier molecular flexibility index (Phi) is 32.5. The van der Waals surface area contributed by atoms with Crippen LogP contribution in [0.4, 0.5) is 4.79 Å². The first-order valence-corrected chi connectivity index (χ1v) is 21.4. The molecule has 9 nitrogen and oxygen atoms in total. The first-order valence-electron chi connectivity index (χ1n) is 21.4. The van der Waals surface area contributed by atoms with Crippen molar-refractivity contribution in [2.45, 2.75) is 226 Å². The van der Waals surface area contributed by atoms with Gasteiger partial charge in [-0.3, -0.25) is 9.59 Å². The molecule has 0 bridgehead atoms. The normalized spacial score (nSPS) is 12.4. The van der Waals surface area contributed by atoms with E-state index in [1.165, 1.54) is 103 Å². The van der Waals surface area contributed by atoms with Crippen LogP contribution >= 0.6 is 0 Å². The van der Waals surface area contributed by atoms with Crippen LogP contribution < -0.4 is 5.32 Å². The van der Waals surface area contributed by atoms with Gasteiger partial charge in [-0.15, -0.1) is 0 Å². The van der Waals surface area contributed by atoms with E-state index in [1.54, 1.807) is 0 Å². The molecule has 308 valence electrons. The van der Waals surface area contributed by atoms with E-state index in [-0.39, 0.29) is 30.8 Å². The molecule has 0 heterocycles. The summed E-state index contributed by atoms with van der Waals surface area (Å²) in [5.41, 5.74) is -0.682. The van der Waals surface area contributed by atoms with Gasteiger partial charge in [-0.05, 0) is 53.9 Å². The van der Waals surface area contributed by atoms with Gasteiger partial charge in [0.2, 0.25) is 0 Å². The summed E-state index contributed by atoms with van der Waals surface area (Å²) in [7, 11) is 0. The van der Waals surface area contributed by atoms with Crippen molar-refractivity contribution in [2.24, 2.45) is 0 Å². The summed E-state index contributed by atoms with van der Waals surface area (Å²) in [6.45, 7) is 15.4. The van der Waals surface area contributed by atoms with E-state index < -0.39 is 17.8 Å². The van der Waals surface area contributed by atoms with Crippen molar-refractivity contribution < 1.29 is 38.1 Å². The Morgan fingerprint density at radius 2 is 0.942 bits per heavy atom. The molecule has 0 aliphatic carbocycles. The smallest absolute Gasteiger partial charge is 0.407 e. The van der Waals surface area contributed by atoms with Crippen LogP contribution in [0.5, 0.6) is 0 Å². The minimum atomic E-state index is -0.848. The molecule has 0 saturated carbocycles. The fourth-order valence-corrected chi connectivity index (χ4v) is 5.75. The minimum Gasteiger partial charge on any atom is -0.462 e. The van der Waals surface area contributed by atoms with E-state index in [2.05, 4.69) is 19.2 Å². The van der Waals surface area contributed by atoms with Gasteiger partial charge in [0.25, 0.3) is 0 Å². The Morgan fingerprint density at radius 1 is 0.519 bits per heavy atom. The molecule has 0 aromatic carbocycles. The molecule has 0 aromatic rings. The first kappa shape index (κ1) is 50.1. The van der Waals surface area contributed by atoms with Crippen LogP contribution in [0.1, 0.15) is 209 Å². The predicted octanol–water partition coefficient (Wildman–Crippen LogP) is 11.6. The molecule has 0 fully saturated rings. The summed E-state index contributed by atoms with van der Waals surface area (Å²) in [6.07, 6.45) is 26.2. The number of hydrogen-bond donors (Lipinski definition) is 1. The zero-order valence-corrected chi connectivity index (χ0v) is 35.1. The Hall–Kier alpha value is -1.87. The fourth-order valence-electron chi connectivity index (χ4n) is 5.75. The highest BCUT2D eigenvalue weighted by Crippen LogP contribution is 2.17. The largest absolute Gasteiger partial charge is 0.462 e. The summed E-state index contributed by atoms with van der Waals surface area (Å²) in [4.78, 5) is 37.6. The highest BCUT2D eigenvalue weighted by Gasteiger charge is 2.23. The third-order valence-corrected chi connectivity index (χ3v) is 9.03. The minimum absolute atomic E-state index is 0.131. The number of hydrogen-bond acceptors (Lipinski definition) is 8. The Bertz CT molecular complexity index is 857. The van der Waals surface area contributed by atoms with Crippen LogP contribution in [0.25, 0.3) is 0 Å². The lowest BCUT2D eigenvalue weighted by atomic mass is 10.1. The summed E-state index contributed by atoms with van der Waals surface area (Å²) < 4.78 is 28.2. The lowest BCUT2D eigenvalue weighted by Crippen LogP contribution is -2.36. The number of carbonyl (C=O) groups is 3. The predicted molar refractivity (Wildman–Crippen MR) is 213 cm³/mol. The first-order chi connectivity index (χ1) is 24.9. The molecule has 1 N–H and O–H groups in total. The second kappa shape index (κ2) is 33.7. The molecule has 1 unspecified atom stereocenters. The topological polar surface area (TPSA) is 109 Å². The third kappa shape index (κ3) is 36.5. The maximum Gasteiger partial charge on any atom is 0.407 e. The van der Waals surface area contributed by atoms with Crippen LogP contribution in [-0.4, -0.2) is 68.3 Å². The van der Waals surface area contributed by atoms with E-state index in [1.807, 2.05) is 34.6 Å². The number of nitrogens with one attached hydrogen (secondary N) is 1. The monoisotopic (exact) mass is 742 g/mol. The summed E-state index contributed by atoms with van der Waals surface area (Å²) in [5, 5.41) is 2.72. The van der Waals surface area contributed by atoms with Crippen LogP contribution in [0.3, 0.4) is 0 Å². The summed E-state index contributed by atoms with van der Waals surface area (Å²) >= 11 is 0. The zero-order chi connectivity index (χ0) is 38.8. The number of rotatable bonds is 36. The molecule has 1 amide bonds. The molecule has 0 aromatic heterocycles. The summed E-state index contributed by atoms with van der Waals surface area (Å²) in [5.74, 6) is -0.677. The Morgan fingerprint density at radius 3 is 1.40 bits per heavy atom. The highest BCUT2D eigenvalue weighted by atomic mass is 16.6. The van der Waals surface area contributed by atoms with Gasteiger partial charge in [0.15, 0.2) is 6.10 Å². The van der Waals surface area contributed by atoms with Crippen LogP contribution in [0.15, 0.2) is 0 Å². The van der Waals surface area contributed by atoms with Gasteiger partial charge in [0.1, 0.15) is 13.2 Å². The van der Waals surface area contributed by atoms with Crippen molar-refractivity contribution in [2.75, 3.05) is 33.0 Å². The number of carbonyl (C=O) groups excluding carboxylic acids is 3. The lowest BCUT2D eigenvalue weighted by Gasteiger charge is -2.30. The van der Waals surface area contributed by atoms with Gasteiger partial charge in [0.05, 0.1) is 17.8 Å². The fraction of sp³-hybridized carbons (Fsp3) is 0.930. The van der Waals surface area contributed by atoms with E-state index in [0.717, 1.165) is 38.5 Å². The van der Waals surface area contributed by atoms with Crippen molar-refractivity contribution in [3.8, 4) is 0 Å². The second-order valence-corrected chi connectivity index (χ2v) is 16.3. The molecular formula is C43H83NO8. The van der Waals surface area contributed by atoms with Gasteiger partial charge in [-0.2, -0.15) is 0 Å². The SMILES string of the molecule is CCCCCCCCCCCCCC(=O)OCC(COC(=O)NCCCOC(C)(C)COC(C)(C)C)OC(=O)CCCCCCCCCCCCC. The number of alkyl carbamates (subject to hydrolysis) is 1. The number of unbranched alkanes of at least 4 members (excludes halogenated alkanes) is 20. The average molecular weight is 742 g/mol. The molecule has 0 spiro atoms. The van der Waals surface area contributed by atoms with E-state index in [4.69, 9.17) is 23.7 Å². The third-order valence-electron chi connectivity index (χ3n) is 9.03. The molecule has 0 saturated heterocycles. The zero-order valence-electron chi connectivity index (χ0n) is 35.1. The van der Waals surface area contributed by atoms with E-state index in [9.17, 15) is 14.4 Å². The molecular weight excluding hydrogens is 658 g/mol. The van der Waals surface area contributed by atoms with E-state index >= 15 is 0 Å². The Balaban J connectivity index is 4.49. The lowest BCUT2D eigenvalue weighted by molar-refractivity contribution is -0.161. The van der Waals surface area contributed by atoms with Gasteiger partial charge >= 0.3 is 18.0 Å². The number of amides is 1. The van der Waals surface area contributed by atoms with Crippen LogP contribution in [-0.2, 0) is 33.3 Å². The van der Waals surface area contributed by atoms with Gasteiger partial charge in [-0.1, -0.05) is 142 Å². The quantitative estimate of drug-likeness (QED) is 0.0384. The second-order valence-electron chi connectivity index (χ2n) is 16.3. The van der Waals surface area contributed by atoms with Crippen molar-refractivity contribution >= 4 is 18.0 Å². The number of ether oxygens (including phenoxy) is 5.